The second-order valence-corrected chi connectivity index (χ2v) is 4.69. The normalized spacial score (nSPS) is 21.7. The highest BCUT2D eigenvalue weighted by Crippen LogP contribution is 2.34. The Morgan fingerprint density at radius 1 is 1.37 bits per heavy atom. The van der Waals surface area contributed by atoms with E-state index in [4.69, 9.17) is 9.57 Å². The summed E-state index contributed by atoms with van der Waals surface area (Å²) in [6.07, 6.45) is 0.500. The number of benzene rings is 1. The molecule has 0 bridgehead atoms. The number of ether oxygens (including phenoxy) is 1. The molecule has 0 amide bonds. The number of hydrogen-bond acceptors (Lipinski definition) is 4. The van der Waals surface area contributed by atoms with Crippen molar-refractivity contribution < 1.29 is 18.4 Å². The summed E-state index contributed by atoms with van der Waals surface area (Å²) in [7, 11) is 1.38. The number of halogens is 2. The van der Waals surface area contributed by atoms with Gasteiger partial charge in [0.15, 0.2) is 0 Å². The lowest BCUT2D eigenvalue weighted by molar-refractivity contribution is 0.106. The highest BCUT2D eigenvalue weighted by Gasteiger charge is 2.34. The van der Waals surface area contributed by atoms with Crippen LogP contribution in [0.4, 0.5) is 8.78 Å². The smallest absolute Gasteiger partial charge is 0.145 e. The van der Waals surface area contributed by atoms with Gasteiger partial charge < -0.3 is 14.5 Å². The van der Waals surface area contributed by atoms with Crippen molar-refractivity contribution in [2.24, 2.45) is 5.16 Å². The van der Waals surface area contributed by atoms with E-state index in [0.717, 1.165) is 5.84 Å². The predicted octanol–water partition coefficient (Wildman–Crippen LogP) is 2.11. The van der Waals surface area contributed by atoms with Crippen LogP contribution in [0.3, 0.4) is 0 Å². The summed E-state index contributed by atoms with van der Waals surface area (Å²) in [6.45, 7) is 1.81. The first-order valence-corrected chi connectivity index (χ1v) is 6.15. The summed E-state index contributed by atoms with van der Waals surface area (Å²) >= 11 is 0. The fraction of sp³-hybridized carbons (Fsp3) is 0.462. The summed E-state index contributed by atoms with van der Waals surface area (Å²) < 4.78 is 32.9. The number of methoxy groups -OCH3 is 1. The standard InChI is InChI=1S/C13H14F2N2O2/c1-18-9-5-10(14)13(11(15)6-9)8-4-12-16-19-3-2-17(12)7-8/h5-6,8H,2-4,7H2,1H3. The Morgan fingerprint density at radius 3 is 2.74 bits per heavy atom. The zero-order valence-corrected chi connectivity index (χ0v) is 10.5. The molecule has 1 unspecified atom stereocenters. The molecule has 1 fully saturated rings. The van der Waals surface area contributed by atoms with Crippen LogP contribution in [0.15, 0.2) is 17.3 Å². The molecule has 2 heterocycles. The van der Waals surface area contributed by atoms with Crippen molar-refractivity contribution in [2.75, 3.05) is 26.8 Å². The van der Waals surface area contributed by atoms with Gasteiger partial charge in [0.05, 0.1) is 13.7 Å². The molecule has 1 atom stereocenters. The number of amidine groups is 1. The van der Waals surface area contributed by atoms with Gasteiger partial charge in [0.25, 0.3) is 0 Å². The van der Waals surface area contributed by atoms with Gasteiger partial charge in [-0.3, -0.25) is 0 Å². The van der Waals surface area contributed by atoms with Crippen LogP contribution in [0.25, 0.3) is 0 Å². The highest BCUT2D eigenvalue weighted by atomic mass is 19.1. The molecule has 3 rings (SSSR count). The molecule has 1 aromatic rings. The number of nitrogens with zero attached hydrogens (tertiary/aromatic N) is 2. The molecular weight excluding hydrogens is 254 g/mol. The maximum absolute atomic E-state index is 14.0. The second-order valence-electron chi connectivity index (χ2n) is 4.69. The van der Waals surface area contributed by atoms with Gasteiger partial charge in [-0.05, 0) is 0 Å². The fourth-order valence-electron chi connectivity index (χ4n) is 2.63. The first kappa shape index (κ1) is 12.2. The molecule has 1 saturated heterocycles. The van der Waals surface area contributed by atoms with Crippen molar-refractivity contribution in [3.05, 3.63) is 29.3 Å². The third-order valence-electron chi connectivity index (χ3n) is 3.55. The summed E-state index contributed by atoms with van der Waals surface area (Å²) in [5, 5.41) is 3.93. The van der Waals surface area contributed by atoms with Crippen molar-refractivity contribution in [1.82, 2.24) is 4.90 Å². The summed E-state index contributed by atoms with van der Waals surface area (Å²) in [6, 6.07) is 2.43. The minimum atomic E-state index is -0.566. The third kappa shape index (κ3) is 2.11. The first-order chi connectivity index (χ1) is 9.19. The van der Waals surface area contributed by atoms with Gasteiger partial charge in [-0.15, -0.1) is 0 Å². The fourth-order valence-corrected chi connectivity index (χ4v) is 2.63. The van der Waals surface area contributed by atoms with Crippen LogP contribution >= 0.6 is 0 Å². The zero-order valence-electron chi connectivity index (χ0n) is 10.5. The van der Waals surface area contributed by atoms with Crippen molar-refractivity contribution >= 4 is 5.84 Å². The van der Waals surface area contributed by atoms with E-state index in [1.54, 1.807) is 0 Å². The van der Waals surface area contributed by atoms with E-state index in [1.165, 1.54) is 19.2 Å². The molecule has 0 aromatic heterocycles. The van der Waals surface area contributed by atoms with Crippen LogP contribution in [0.1, 0.15) is 17.9 Å². The highest BCUT2D eigenvalue weighted by molar-refractivity contribution is 5.85. The molecule has 6 heteroatoms. The zero-order chi connectivity index (χ0) is 13.4. The Kier molecular flexibility index (Phi) is 3.00. The number of rotatable bonds is 2. The molecule has 2 aliphatic rings. The van der Waals surface area contributed by atoms with Crippen LogP contribution in [0.5, 0.6) is 5.75 Å². The van der Waals surface area contributed by atoms with Gasteiger partial charge >= 0.3 is 0 Å². The van der Waals surface area contributed by atoms with E-state index in [1.807, 2.05) is 4.90 Å². The van der Waals surface area contributed by atoms with Crippen LogP contribution in [-0.4, -0.2) is 37.5 Å². The quantitative estimate of drug-likeness (QED) is 0.823. The Morgan fingerprint density at radius 2 is 2.11 bits per heavy atom. The molecule has 2 aliphatic heterocycles. The predicted molar refractivity (Wildman–Crippen MR) is 65.2 cm³/mol. The largest absolute Gasteiger partial charge is 0.497 e. The number of fused-ring (bicyclic) bond motifs is 1. The number of hydrogen-bond donors (Lipinski definition) is 0. The first-order valence-electron chi connectivity index (χ1n) is 6.15. The maximum atomic E-state index is 14.0. The van der Waals surface area contributed by atoms with E-state index >= 15 is 0 Å². The van der Waals surface area contributed by atoms with E-state index in [-0.39, 0.29) is 17.2 Å². The third-order valence-corrected chi connectivity index (χ3v) is 3.55. The summed E-state index contributed by atoms with van der Waals surface area (Å²) in [5.74, 6) is -0.404. The molecule has 0 N–H and O–H groups in total. The van der Waals surface area contributed by atoms with E-state index in [0.29, 0.717) is 26.1 Å². The monoisotopic (exact) mass is 268 g/mol. The van der Waals surface area contributed by atoms with Crippen molar-refractivity contribution in [2.45, 2.75) is 12.3 Å². The SMILES string of the molecule is COc1cc(F)c(C2CC3=NOCCN3C2)c(F)c1. The van der Waals surface area contributed by atoms with E-state index in [2.05, 4.69) is 5.16 Å². The van der Waals surface area contributed by atoms with E-state index < -0.39 is 11.6 Å². The van der Waals surface area contributed by atoms with Crippen molar-refractivity contribution in [3.8, 4) is 5.75 Å². The molecule has 19 heavy (non-hydrogen) atoms. The average Bonchev–Trinajstić information content (AvgIpc) is 2.80. The minimum absolute atomic E-state index is 0.109. The lowest BCUT2D eigenvalue weighted by Crippen LogP contribution is -2.32. The summed E-state index contributed by atoms with van der Waals surface area (Å²) in [5.41, 5.74) is 0.109. The Labute approximate surface area is 109 Å². The minimum Gasteiger partial charge on any atom is -0.497 e. The topological polar surface area (TPSA) is 34.1 Å². The molecular formula is C13H14F2N2O2. The lowest BCUT2D eigenvalue weighted by Gasteiger charge is -2.21. The van der Waals surface area contributed by atoms with Crippen LogP contribution in [0, 0.1) is 11.6 Å². The Balaban J connectivity index is 1.91. The molecule has 0 aliphatic carbocycles. The molecule has 0 spiro atoms. The second kappa shape index (κ2) is 4.68. The lowest BCUT2D eigenvalue weighted by atomic mass is 9.97. The maximum Gasteiger partial charge on any atom is 0.145 e. The van der Waals surface area contributed by atoms with Crippen LogP contribution in [0.2, 0.25) is 0 Å². The molecule has 1 aromatic carbocycles. The van der Waals surface area contributed by atoms with Crippen molar-refractivity contribution in [1.29, 1.82) is 0 Å². The average molecular weight is 268 g/mol. The molecule has 0 saturated carbocycles. The van der Waals surface area contributed by atoms with Gasteiger partial charge in [-0.2, -0.15) is 0 Å². The Hall–Kier alpha value is -1.85. The molecule has 0 radical (unpaired) electrons. The van der Waals surface area contributed by atoms with Gasteiger partial charge in [0, 0.05) is 36.6 Å². The van der Waals surface area contributed by atoms with Gasteiger partial charge in [0.1, 0.15) is 29.8 Å². The number of oxime groups is 1. The van der Waals surface area contributed by atoms with Gasteiger partial charge in [0.2, 0.25) is 0 Å². The summed E-state index contributed by atoms with van der Waals surface area (Å²) in [4.78, 5) is 7.01. The molecule has 102 valence electrons. The van der Waals surface area contributed by atoms with Crippen LogP contribution < -0.4 is 4.74 Å². The van der Waals surface area contributed by atoms with Gasteiger partial charge in [-0.25, -0.2) is 8.78 Å². The molecule has 4 nitrogen and oxygen atoms in total. The van der Waals surface area contributed by atoms with Crippen LogP contribution in [-0.2, 0) is 4.84 Å². The van der Waals surface area contributed by atoms with Gasteiger partial charge in [-0.1, -0.05) is 5.16 Å². The van der Waals surface area contributed by atoms with E-state index in [9.17, 15) is 8.78 Å². The Bertz CT molecular complexity index is 510. The van der Waals surface area contributed by atoms with Crippen molar-refractivity contribution in [3.63, 3.8) is 0 Å².